The van der Waals surface area contributed by atoms with Crippen molar-refractivity contribution in [2.45, 2.75) is 0 Å². The van der Waals surface area contributed by atoms with Crippen molar-refractivity contribution in [2.24, 2.45) is 0 Å². The summed E-state index contributed by atoms with van der Waals surface area (Å²) in [5.74, 6) is -0.261. The van der Waals surface area contributed by atoms with Gasteiger partial charge in [-0.1, -0.05) is 41.4 Å². The zero-order valence-electron chi connectivity index (χ0n) is 12.6. The molecule has 0 heterocycles. The van der Waals surface area contributed by atoms with E-state index in [4.69, 9.17) is 23.2 Å². The molecule has 3 aromatic carbocycles. The molecule has 3 aromatic rings. The van der Waals surface area contributed by atoms with E-state index in [2.05, 4.69) is 10.6 Å². The Kier molecular flexibility index (Phi) is 5.04. The van der Waals surface area contributed by atoms with Gasteiger partial charge in [0.15, 0.2) is 0 Å². The van der Waals surface area contributed by atoms with Crippen molar-refractivity contribution in [3.63, 3.8) is 0 Å². The molecule has 0 aromatic heterocycles. The monoisotopic (exact) mass is 356 g/mol. The van der Waals surface area contributed by atoms with Gasteiger partial charge in [0.25, 0.3) is 5.91 Å². The fourth-order valence-electron chi connectivity index (χ4n) is 2.21. The van der Waals surface area contributed by atoms with Crippen LogP contribution in [0.25, 0.3) is 0 Å². The van der Waals surface area contributed by atoms with Gasteiger partial charge >= 0.3 is 0 Å². The van der Waals surface area contributed by atoms with Gasteiger partial charge < -0.3 is 10.6 Å². The van der Waals surface area contributed by atoms with Gasteiger partial charge in [-0.3, -0.25) is 4.79 Å². The standard InChI is InChI=1S/C19H14Cl2N2O/c20-14-10-13(11-15(21)12-14)19(24)23-18-8-6-17(7-9-18)22-16-4-2-1-3-5-16/h1-12,22H,(H,23,24). The van der Waals surface area contributed by atoms with Crippen LogP contribution >= 0.6 is 23.2 Å². The Labute approximate surface area is 150 Å². The number of hydrogen-bond acceptors (Lipinski definition) is 2. The van der Waals surface area contributed by atoms with E-state index in [0.717, 1.165) is 11.4 Å². The first-order valence-corrected chi connectivity index (χ1v) is 8.05. The SMILES string of the molecule is O=C(Nc1ccc(Nc2ccccc2)cc1)c1cc(Cl)cc(Cl)c1. The molecule has 0 saturated heterocycles. The lowest BCUT2D eigenvalue weighted by Gasteiger charge is -2.09. The number of amides is 1. The molecule has 0 aliphatic heterocycles. The quantitative estimate of drug-likeness (QED) is 0.602. The van der Waals surface area contributed by atoms with Crippen LogP contribution in [0.4, 0.5) is 17.1 Å². The molecule has 0 saturated carbocycles. The first kappa shape index (κ1) is 16.4. The fraction of sp³-hybridized carbons (Fsp3) is 0. The molecule has 3 rings (SSSR count). The van der Waals surface area contributed by atoms with Crippen LogP contribution in [-0.4, -0.2) is 5.91 Å². The van der Waals surface area contributed by atoms with Crippen molar-refractivity contribution in [1.82, 2.24) is 0 Å². The summed E-state index contributed by atoms with van der Waals surface area (Å²) in [5.41, 5.74) is 3.04. The van der Waals surface area contributed by atoms with E-state index in [0.29, 0.717) is 21.3 Å². The summed E-state index contributed by atoms with van der Waals surface area (Å²) in [5, 5.41) is 6.96. The number of hydrogen-bond donors (Lipinski definition) is 2. The van der Waals surface area contributed by atoms with E-state index in [9.17, 15) is 4.79 Å². The van der Waals surface area contributed by atoms with Crippen LogP contribution < -0.4 is 10.6 Å². The molecule has 0 aliphatic rings. The molecular formula is C19H14Cl2N2O. The van der Waals surface area contributed by atoms with Crippen molar-refractivity contribution < 1.29 is 4.79 Å². The highest BCUT2D eigenvalue weighted by Crippen LogP contribution is 2.21. The van der Waals surface area contributed by atoms with Gasteiger partial charge in [0.2, 0.25) is 0 Å². The van der Waals surface area contributed by atoms with Crippen molar-refractivity contribution >= 4 is 46.2 Å². The number of para-hydroxylation sites is 1. The Morgan fingerprint density at radius 3 is 1.88 bits per heavy atom. The Morgan fingerprint density at radius 2 is 1.25 bits per heavy atom. The number of benzene rings is 3. The van der Waals surface area contributed by atoms with Gasteiger partial charge in [-0.2, -0.15) is 0 Å². The first-order valence-electron chi connectivity index (χ1n) is 7.30. The molecule has 3 nitrogen and oxygen atoms in total. The highest BCUT2D eigenvalue weighted by atomic mass is 35.5. The predicted molar refractivity (Wildman–Crippen MR) is 101 cm³/mol. The molecule has 0 spiro atoms. The number of carbonyl (C=O) groups is 1. The second kappa shape index (κ2) is 7.39. The van der Waals surface area contributed by atoms with Gasteiger partial charge in [-0.25, -0.2) is 0 Å². The maximum atomic E-state index is 12.3. The van der Waals surface area contributed by atoms with Crippen molar-refractivity contribution in [1.29, 1.82) is 0 Å². The Hall–Kier alpha value is -2.49. The Morgan fingerprint density at radius 1 is 0.708 bits per heavy atom. The number of halogens is 2. The third-order valence-electron chi connectivity index (χ3n) is 3.33. The minimum atomic E-state index is -0.261. The average molecular weight is 357 g/mol. The lowest BCUT2D eigenvalue weighted by atomic mass is 10.2. The Balaban J connectivity index is 1.68. The smallest absolute Gasteiger partial charge is 0.255 e. The summed E-state index contributed by atoms with van der Waals surface area (Å²) in [6, 6.07) is 22.1. The van der Waals surface area contributed by atoms with Crippen LogP contribution in [0.1, 0.15) is 10.4 Å². The zero-order valence-corrected chi connectivity index (χ0v) is 14.1. The molecule has 5 heteroatoms. The highest BCUT2D eigenvalue weighted by Gasteiger charge is 2.08. The molecular weight excluding hydrogens is 343 g/mol. The summed E-state index contributed by atoms with van der Waals surface area (Å²) < 4.78 is 0. The summed E-state index contributed by atoms with van der Waals surface area (Å²) in [4.78, 5) is 12.3. The predicted octanol–water partition coefficient (Wildman–Crippen LogP) is 5.99. The molecule has 24 heavy (non-hydrogen) atoms. The van der Waals surface area contributed by atoms with E-state index >= 15 is 0 Å². The lowest BCUT2D eigenvalue weighted by molar-refractivity contribution is 0.102. The zero-order chi connectivity index (χ0) is 16.9. The van der Waals surface area contributed by atoms with Gasteiger partial charge in [0.05, 0.1) is 0 Å². The number of anilines is 3. The first-order chi connectivity index (χ1) is 11.6. The van der Waals surface area contributed by atoms with E-state index in [-0.39, 0.29) is 5.91 Å². The molecule has 1 amide bonds. The molecule has 120 valence electrons. The van der Waals surface area contributed by atoms with E-state index in [1.165, 1.54) is 0 Å². The minimum Gasteiger partial charge on any atom is -0.356 e. The summed E-state index contributed by atoms with van der Waals surface area (Å²) >= 11 is 11.8. The van der Waals surface area contributed by atoms with Crippen molar-refractivity contribution in [2.75, 3.05) is 10.6 Å². The van der Waals surface area contributed by atoms with Crippen LogP contribution in [0.15, 0.2) is 72.8 Å². The summed E-state index contributed by atoms with van der Waals surface area (Å²) in [7, 11) is 0. The molecule has 0 atom stereocenters. The number of rotatable bonds is 4. The lowest BCUT2D eigenvalue weighted by Crippen LogP contribution is -2.11. The highest BCUT2D eigenvalue weighted by molar-refractivity contribution is 6.35. The summed E-state index contributed by atoms with van der Waals surface area (Å²) in [6.45, 7) is 0. The Bertz CT molecular complexity index is 829. The molecule has 0 bridgehead atoms. The molecule has 0 fully saturated rings. The fourth-order valence-corrected chi connectivity index (χ4v) is 2.74. The molecule has 2 N–H and O–H groups in total. The molecule has 0 aliphatic carbocycles. The maximum Gasteiger partial charge on any atom is 0.255 e. The topological polar surface area (TPSA) is 41.1 Å². The maximum absolute atomic E-state index is 12.3. The van der Waals surface area contributed by atoms with Crippen LogP contribution in [0, 0.1) is 0 Å². The van der Waals surface area contributed by atoms with E-state index in [1.807, 2.05) is 54.6 Å². The van der Waals surface area contributed by atoms with Crippen LogP contribution in [-0.2, 0) is 0 Å². The van der Waals surface area contributed by atoms with Gasteiger partial charge in [-0.15, -0.1) is 0 Å². The number of carbonyl (C=O) groups excluding carboxylic acids is 1. The van der Waals surface area contributed by atoms with Crippen molar-refractivity contribution in [3.8, 4) is 0 Å². The van der Waals surface area contributed by atoms with Crippen LogP contribution in [0.3, 0.4) is 0 Å². The van der Waals surface area contributed by atoms with Gasteiger partial charge in [0, 0.05) is 32.7 Å². The number of nitrogens with one attached hydrogen (secondary N) is 2. The summed E-state index contributed by atoms with van der Waals surface area (Å²) in [6.07, 6.45) is 0. The normalized spacial score (nSPS) is 10.2. The minimum absolute atomic E-state index is 0.261. The van der Waals surface area contributed by atoms with E-state index < -0.39 is 0 Å². The van der Waals surface area contributed by atoms with Crippen molar-refractivity contribution in [3.05, 3.63) is 88.4 Å². The van der Waals surface area contributed by atoms with E-state index in [1.54, 1.807) is 18.2 Å². The largest absolute Gasteiger partial charge is 0.356 e. The van der Waals surface area contributed by atoms with Crippen LogP contribution in [0.5, 0.6) is 0 Å². The third-order valence-corrected chi connectivity index (χ3v) is 3.77. The second-order valence-corrected chi connectivity index (χ2v) is 6.05. The third kappa shape index (κ3) is 4.28. The molecule has 0 radical (unpaired) electrons. The van der Waals surface area contributed by atoms with Gasteiger partial charge in [0.1, 0.15) is 0 Å². The second-order valence-electron chi connectivity index (χ2n) is 5.18. The molecule has 0 unspecified atom stereocenters. The average Bonchev–Trinajstić information content (AvgIpc) is 2.57. The van der Waals surface area contributed by atoms with Crippen LogP contribution in [0.2, 0.25) is 10.0 Å². The van der Waals surface area contributed by atoms with Gasteiger partial charge in [-0.05, 0) is 54.6 Å².